The van der Waals surface area contributed by atoms with E-state index in [0.717, 1.165) is 25.1 Å². The molecule has 2 aromatic rings. The van der Waals surface area contributed by atoms with Crippen LogP contribution in [0, 0.1) is 12.8 Å². The topological polar surface area (TPSA) is 66.9 Å². The maximum absolute atomic E-state index is 12.4. The van der Waals surface area contributed by atoms with Gasteiger partial charge in [0.1, 0.15) is 0 Å². The molecule has 1 aromatic carbocycles. The lowest BCUT2D eigenvalue weighted by Gasteiger charge is -2.11. The Morgan fingerprint density at radius 1 is 1.37 bits per heavy atom. The lowest BCUT2D eigenvalue weighted by atomic mass is 10.1. The number of rotatable bonds is 2. The Bertz CT molecular complexity index is 724. The van der Waals surface area contributed by atoms with Crippen LogP contribution in [-0.4, -0.2) is 22.6 Å². The fraction of sp³-hybridized carbons (Fsp3) is 0.429. The Morgan fingerprint density at radius 3 is 2.95 bits per heavy atom. The van der Waals surface area contributed by atoms with Gasteiger partial charge < -0.3 is 10.3 Å². The largest absolute Gasteiger partial charge is 0.328 e. The summed E-state index contributed by atoms with van der Waals surface area (Å²) >= 11 is 0. The van der Waals surface area contributed by atoms with Crippen molar-refractivity contribution in [1.29, 1.82) is 0 Å². The number of H-pyrrole nitrogens is 1. The molecule has 0 saturated carbocycles. The molecule has 1 aromatic heterocycles. The highest BCUT2D eigenvalue weighted by atomic mass is 16.2. The molecule has 0 spiro atoms. The molecule has 1 aliphatic heterocycles. The van der Waals surface area contributed by atoms with Crippen molar-refractivity contribution in [3.05, 3.63) is 44.6 Å². The molecule has 0 bridgehead atoms. The molecule has 19 heavy (non-hydrogen) atoms. The number of aromatic amines is 1. The van der Waals surface area contributed by atoms with Gasteiger partial charge >= 0.3 is 5.69 Å². The molecule has 1 aliphatic rings. The number of aryl methyl sites for hydroxylation is 1. The molecule has 1 saturated heterocycles. The standard InChI is InChI=1S/C14H17N3O2/c1-9-2-3-11-12(6-9)16-14(19)17(13(11)18)8-10-4-5-15-7-10/h2-3,6,10,15H,4-5,7-8H2,1H3,(H,16,19). The summed E-state index contributed by atoms with van der Waals surface area (Å²) in [5, 5.41) is 3.83. The molecule has 1 fully saturated rings. The van der Waals surface area contributed by atoms with Gasteiger partial charge in [-0.15, -0.1) is 0 Å². The first kappa shape index (κ1) is 12.2. The monoisotopic (exact) mass is 259 g/mol. The van der Waals surface area contributed by atoms with Crippen molar-refractivity contribution in [2.75, 3.05) is 13.1 Å². The maximum Gasteiger partial charge on any atom is 0.328 e. The Kier molecular flexibility index (Phi) is 2.98. The van der Waals surface area contributed by atoms with Gasteiger partial charge in [0, 0.05) is 6.54 Å². The lowest BCUT2D eigenvalue weighted by Crippen LogP contribution is -2.37. The van der Waals surface area contributed by atoms with Crippen LogP contribution in [0.2, 0.25) is 0 Å². The van der Waals surface area contributed by atoms with Crippen LogP contribution in [0.1, 0.15) is 12.0 Å². The second kappa shape index (κ2) is 4.66. The van der Waals surface area contributed by atoms with Gasteiger partial charge in [0.25, 0.3) is 5.56 Å². The Morgan fingerprint density at radius 2 is 2.21 bits per heavy atom. The molecule has 0 radical (unpaired) electrons. The number of aromatic nitrogens is 2. The highest BCUT2D eigenvalue weighted by Gasteiger charge is 2.17. The zero-order valence-corrected chi connectivity index (χ0v) is 10.9. The second-order valence-electron chi connectivity index (χ2n) is 5.25. The van der Waals surface area contributed by atoms with Crippen molar-refractivity contribution in [3.8, 4) is 0 Å². The summed E-state index contributed by atoms with van der Waals surface area (Å²) in [7, 11) is 0. The van der Waals surface area contributed by atoms with Crippen molar-refractivity contribution in [3.63, 3.8) is 0 Å². The molecular weight excluding hydrogens is 242 g/mol. The van der Waals surface area contributed by atoms with Gasteiger partial charge in [-0.2, -0.15) is 0 Å². The molecule has 3 rings (SSSR count). The summed E-state index contributed by atoms with van der Waals surface area (Å²) in [5.41, 5.74) is 1.15. The van der Waals surface area contributed by atoms with E-state index in [0.29, 0.717) is 23.4 Å². The third-order valence-electron chi connectivity index (χ3n) is 3.74. The van der Waals surface area contributed by atoms with Crippen LogP contribution in [0.4, 0.5) is 0 Å². The van der Waals surface area contributed by atoms with E-state index >= 15 is 0 Å². The molecule has 100 valence electrons. The van der Waals surface area contributed by atoms with E-state index in [-0.39, 0.29) is 11.2 Å². The smallest absolute Gasteiger partial charge is 0.316 e. The van der Waals surface area contributed by atoms with Crippen molar-refractivity contribution >= 4 is 10.9 Å². The average molecular weight is 259 g/mol. The lowest BCUT2D eigenvalue weighted by molar-refractivity contribution is 0.460. The van der Waals surface area contributed by atoms with Crippen LogP contribution in [0.3, 0.4) is 0 Å². The summed E-state index contributed by atoms with van der Waals surface area (Å²) in [6.45, 7) is 4.26. The predicted octanol–water partition coefficient (Wildman–Crippen LogP) is 0.608. The van der Waals surface area contributed by atoms with E-state index < -0.39 is 0 Å². The normalized spacial score (nSPS) is 19.1. The van der Waals surface area contributed by atoms with Crippen LogP contribution in [0.25, 0.3) is 10.9 Å². The van der Waals surface area contributed by atoms with Crippen LogP contribution in [0.15, 0.2) is 27.8 Å². The highest BCUT2D eigenvalue weighted by molar-refractivity contribution is 5.77. The zero-order chi connectivity index (χ0) is 13.4. The molecule has 2 heterocycles. The van der Waals surface area contributed by atoms with E-state index in [4.69, 9.17) is 0 Å². The number of benzene rings is 1. The summed E-state index contributed by atoms with van der Waals surface area (Å²) in [5.74, 6) is 0.363. The first-order valence-electron chi connectivity index (χ1n) is 6.59. The zero-order valence-electron chi connectivity index (χ0n) is 10.9. The minimum Gasteiger partial charge on any atom is -0.316 e. The fourth-order valence-corrected chi connectivity index (χ4v) is 2.66. The van der Waals surface area contributed by atoms with Gasteiger partial charge in [-0.3, -0.25) is 9.36 Å². The molecule has 0 aliphatic carbocycles. The average Bonchev–Trinajstić information content (AvgIpc) is 2.87. The van der Waals surface area contributed by atoms with Gasteiger partial charge in [0.05, 0.1) is 10.9 Å². The van der Waals surface area contributed by atoms with Crippen LogP contribution < -0.4 is 16.6 Å². The highest BCUT2D eigenvalue weighted by Crippen LogP contribution is 2.10. The van der Waals surface area contributed by atoms with E-state index in [1.54, 1.807) is 6.07 Å². The van der Waals surface area contributed by atoms with Crippen molar-refractivity contribution in [2.24, 2.45) is 5.92 Å². The third kappa shape index (κ3) is 2.21. The van der Waals surface area contributed by atoms with Gasteiger partial charge in [0.15, 0.2) is 0 Å². The summed E-state index contributed by atoms with van der Waals surface area (Å²) in [6, 6.07) is 5.51. The molecule has 5 nitrogen and oxygen atoms in total. The first-order chi connectivity index (χ1) is 9.15. The Hall–Kier alpha value is -1.88. The molecule has 2 N–H and O–H groups in total. The maximum atomic E-state index is 12.4. The van der Waals surface area contributed by atoms with Crippen LogP contribution in [-0.2, 0) is 6.54 Å². The van der Waals surface area contributed by atoms with Gasteiger partial charge in [-0.1, -0.05) is 6.07 Å². The summed E-state index contributed by atoms with van der Waals surface area (Å²) < 4.78 is 1.33. The fourth-order valence-electron chi connectivity index (χ4n) is 2.66. The molecule has 1 atom stereocenters. The Labute approximate surface area is 110 Å². The van der Waals surface area contributed by atoms with Gasteiger partial charge in [-0.05, 0) is 50.0 Å². The van der Waals surface area contributed by atoms with Crippen molar-refractivity contribution in [2.45, 2.75) is 19.9 Å². The summed E-state index contributed by atoms with van der Waals surface area (Å²) in [6.07, 6.45) is 1.01. The third-order valence-corrected chi connectivity index (χ3v) is 3.74. The number of nitrogens with one attached hydrogen (secondary N) is 2. The van der Waals surface area contributed by atoms with Crippen LogP contribution in [0.5, 0.6) is 0 Å². The van der Waals surface area contributed by atoms with E-state index in [9.17, 15) is 9.59 Å². The first-order valence-corrected chi connectivity index (χ1v) is 6.59. The second-order valence-corrected chi connectivity index (χ2v) is 5.25. The number of hydrogen-bond donors (Lipinski definition) is 2. The quantitative estimate of drug-likeness (QED) is 0.830. The van der Waals surface area contributed by atoms with Gasteiger partial charge in [0.2, 0.25) is 0 Å². The van der Waals surface area contributed by atoms with Crippen molar-refractivity contribution in [1.82, 2.24) is 14.9 Å². The van der Waals surface area contributed by atoms with E-state index in [2.05, 4.69) is 10.3 Å². The summed E-state index contributed by atoms with van der Waals surface area (Å²) in [4.78, 5) is 27.2. The minimum atomic E-state index is -0.310. The molecular formula is C14H17N3O2. The molecule has 5 heteroatoms. The van der Waals surface area contributed by atoms with Crippen molar-refractivity contribution < 1.29 is 0 Å². The number of fused-ring (bicyclic) bond motifs is 1. The minimum absolute atomic E-state index is 0.189. The van der Waals surface area contributed by atoms with E-state index in [1.165, 1.54) is 4.57 Å². The number of hydrogen-bond acceptors (Lipinski definition) is 3. The Balaban J connectivity index is 2.11. The SMILES string of the molecule is Cc1ccc2c(=O)n(CC3CCNC3)c(=O)[nH]c2c1. The number of nitrogens with zero attached hydrogens (tertiary/aromatic N) is 1. The molecule has 0 amide bonds. The molecule has 1 unspecified atom stereocenters. The van der Waals surface area contributed by atoms with Gasteiger partial charge in [-0.25, -0.2) is 4.79 Å². The van der Waals surface area contributed by atoms with E-state index in [1.807, 2.05) is 19.1 Å². The predicted molar refractivity (Wildman–Crippen MR) is 74.5 cm³/mol. The van der Waals surface area contributed by atoms with Crippen LogP contribution >= 0.6 is 0 Å².